The smallest absolute Gasteiger partial charge is 0.293 e. The third kappa shape index (κ3) is 5.47. The van der Waals surface area contributed by atoms with Crippen molar-refractivity contribution >= 4 is 58.1 Å². The van der Waals surface area contributed by atoms with E-state index in [9.17, 15) is 14.4 Å². The molecule has 0 aliphatic carbocycles. The fourth-order valence-corrected chi connectivity index (χ4v) is 3.82. The van der Waals surface area contributed by atoms with Crippen LogP contribution in [0.5, 0.6) is 11.5 Å². The molecule has 1 saturated heterocycles. The van der Waals surface area contributed by atoms with Crippen LogP contribution in [-0.4, -0.2) is 41.7 Å². The number of nitrogens with zero attached hydrogens (tertiary/aromatic N) is 1. The molecule has 0 saturated carbocycles. The summed E-state index contributed by atoms with van der Waals surface area (Å²) >= 11 is 13.0. The number of nitrogens with two attached hydrogens (primary N) is 1. The van der Waals surface area contributed by atoms with Crippen molar-refractivity contribution in [3.8, 4) is 11.5 Å². The number of hydrogen-bond donors (Lipinski definition) is 1. The molecule has 3 amide bonds. The van der Waals surface area contributed by atoms with Gasteiger partial charge in [0.1, 0.15) is 18.1 Å². The zero-order valence-corrected chi connectivity index (χ0v) is 17.8. The lowest BCUT2D eigenvalue weighted by atomic mass is 10.2. The number of ether oxygens (including phenoxy) is 2. The molecule has 30 heavy (non-hydrogen) atoms. The first kappa shape index (κ1) is 22.0. The molecule has 7 nitrogen and oxygen atoms in total. The third-order valence-corrected chi connectivity index (χ3v) is 5.42. The van der Waals surface area contributed by atoms with Gasteiger partial charge in [-0.25, -0.2) is 0 Å². The Balaban J connectivity index is 1.63. The van der Waals surface area contributed by atoms with Gasteiger partial charge in [-0.1, -0.05) is 41.4 Å². The summed E-state index contributed by atoms with van der Waals surface area (Å²) < 4.78 is 10.7. The zero-order chi connectivity index (χ0) is 21.7. The Morgan fingerprint density at radius 1 is 1.07 bits per heavy atom. The van der Waals surface area contributed by atoms with Crippen LogP contribution in [0.15, 0.2) is 47.4 Å². The average Bonchev–Trinajstić information content (AvgIpc) is 2.96. The molecule has 2 aromatic rings. The van der Waals surface area contributed by atoms with Gasteiger partial charge in [0, 0.05) is 0 Å². The molecule has 0 spiro atoms. The minimum absolute atomic E-state index is 0.0912. The lowest BCUT2D eigenvalue weighted by Crippen LogP contribution is -2.32. The van der Waals surface area contributed by atoms with Crippen LogP contribution in [0, 0.1) is 0 Å². The summed E-state index contributed by atoms with van der Waals surface area (Å²) in [6.07, 6.45) is 1.56. The van der Waals surface area contributed by atoms with Crippen LogP contribution >= 0.6 is 35.0 Å². The summed E-state index contributed by atoms with van der Waals surface area (Å²) in [4.78, 5) is 37.0. The number of hydrogen-bond acceptors (Lipinski definition) is 6. The molecule has 0 atom stereocenters. The first-order chi connectivity index (χ1) is 14.3. The summed E-state index contributed by atoms with van der Waals surface area (Å²) in [6.45, 7) is -0.0884. The van der Waals surface area contributed by atoms with Gasteiger partial charge in [0.05, 0.1) is 21.5 Å². The van der Waals surface area contributed by atoms with Gasteiger partial charge in [-0.2, -0.15) is 0 Å². The highest BCUT2D eigenvalue weighted by atomic mass is 35.5. The second kappa shape index (κ2) is 9.88. The maximum Gasteiger partial charge on any atom is 0.293 e. The Kier molecular flexibility index (Phi) is 7.25. The average molecular weight is 467 g/mol. The van der Waals surface area contributed by atoms with Crippen molar-refractivity contribution in [1.29, 1.82) is 0 Å². The maximum absolute atomic E-state index is 12.6. The lowest BCUT2D eigenvalue weighted by molar-refractivity contribution is -0.123. The molecule has 2 aromatic carbocycles. The summed E-state index contributed by atoms with van der Waals surface area (Å²) in [5.74, 6) is -0.271. The molecule has 10 heteroatoms. The van der Waals surface area contributed by atoms with Gasteiger partial charge in [0.25, 0.3) is 17.1 Å². The molecule has 0 aromatic heterocycles. The van der Waals surface area contributed by atoms with Crippen molar-refractivity contribution < 1.29 is 23.9 Å². The van der Waals surface area contributed by atoms with Crippen molar-refractivity contribution in [1.82, 2.24) is 4.90 Å². The van der Waals surface area contributed by atoms with Gasteiger partial charge < -0.3 is 15.2 Å². The molecular formula is C20H16Cl2N2O5S. The van der Waals surface area contributed by atoms with Crippen molar-refractivity contribution in [2.45, 2.75) is 0 Å². The second-order valence-electron chi connectivity index (χ2n) is 6.06. The Bertz CT molecular complexity index is 1030. The quantitative estimate of drug-likeness (QED) is 0.590. The number of thioether (sulfide) groups is 1. The van der Waals surface area contributed by atoms with Crippen LogP contribution in [0.3, 0.4) is 0 Å². The van der Waals surface area contributed by atoms with Crippen molar-refractivity contribution in [2.24, 2.45) is 5.73 Å². The van der Waals surface area contributed by atoms with E-state index < -0.39 is 11.8 Å². The molecule has 0 radical (unpaired) electrons. The summed E-state index contributed by atoms with van der Waals surface area (Å²) in [6, 6.07) is 11.7. The normalized spacial score (nSPS) is 15.0. The molecule has 3 rings (SSSR count). The van der Waals surface area contributed by atoms with E-state index >= 15 is 0 Å². The van der Waals surface area contributed by atoms with E-state index in [2.05, 4.69) is 0 Å². The number of amides is 3. The van der Waals surface area contributed by atoms with E-state index in [1.807, 2.05) is 0 Å². The third-order valence-electron chi connectivity index (χ3n) is 3.91. The zero-order valence-electron chi connectivity index (χ0n) is 15.5. The van der Waals surface area contributed by atoms with Gasteiger partial charge in [0.15, 0.2) is 6.61 Å². The molecular weight excluding hydrogens is 451 g/mol. The molecule has 156 valence electrons. The van der Waals surface area contributed by atoms with E-state index in [1.165, 1.54) is 0 Å². The van der Waals surface area contributed by atoms with Crippen LogP contribution in [0.1, 0.15) is 5.56 Å². The van der Waals surface area contributed by atoms with Crippen molar-refractivity contribution in [2.75, 3.05) is 19.8 Å². The first-order valence-corrected chi connectivity index (χ1v) is 10.3. The van der Waals surface area contributed by atoms with Gasteiger partial charge in [-0.15, -0.1) is 0 Å². The maximum atomic E-state index is 12.6. The van der Waals surface area contributed by atoms with Crippen molar-refractivity contribution in [3.63, 3.8) is 0 Å². The van der Waals surface area contributed by atoms with Crippen LogP contribution in [-0.2, 0) is 9.59 Å². The predicted molar refractivity (Wildman–Crippen MR) is 116 cm³/mol. The number of para-hydroxylation sites is 1. The standard InChI is InChI=1S/C20H16Cl2N2O5S/c21-13-3-1-2-4-15(13)28-8-7-24-19(26)17(30-20(24)27)10-12-5-6-16(14(22)9-12)29-11-18(23)25/h1-6,9-10H,7-8,11H2,(H2,23,25)/b17-10-. The lowest BCUT2D eigenvalue weighted by Gasteiger charge is -2.13. The summed E-state index contributed by atoms with van der Waals surface area (Å²) in [5, 5.41) is 0.311. The Hall–Kier alpha value is -2.68. The fourth-order valence-electron chi connectivity index (χ4n) is 2.53. The van der Waals surface area contributed by atoms with Crippen LogP contribution < -0.4 is 15.2 Å². The number of carbonyl (C=O) groups excluding carboxylic acids is 3. The second-order valence-corrected chi connectivity index (χ2v) is 7.86. The molecule has 2 N–H and O–H groups in total. The highest BCUT2D eigenvalue weighted by Crippen LogP contribution is 2.34. The Labute approximate surface area is 186 Å². The molecule has 0 bridgehead atoms. The van der Waals surface area contributed by atoms with E-state index in [0.717, 1.165) is 16.7 Å². The predicted octanol–water partition coefficient (Wildman–Crippen LogP) is 3.97. The monoisotopic (exact) mass is 466 g/mol. The SMILES string of the molecule is NC(=O)COc1ccc(/C=C2\SC(=O)N(CCOc3ccccc3Cl)C2=O)cc1Cl. The minimum atomic E-state index is -0.623. The topological polar surface area (TPSA) is 98.9 Å². The number of imide groups is 1. The highest BCUT2D eigenvalue weighted by molar-refractivity contribution is 8.18. The summed E-state index contributed by atoms with van der Waals surface area (Å²) in [7, 11) is 0. The number of halogens is 2. The van der Waals surface area contributed by atoms with Crippen LogP contribution in [0.4, 0.5) is 4.79 Å². The highest BCUT2D eigenvalue weighted by Gasteiger charge is 2.34. The molecule has 0 unspecified atom stereocenters. The van der Waals surface area contributed by atoms with Gasteiger partial charge in [0.2, 0.25) is 0 Å². The van der Waals surface area contributed by atoms with Gasteiger partial charge in [-0.05, 0) is 47.7 Å². The molecule has 1 aliphatic rings. The number of carbonyl (C=O) groups is 3. The molecule has 1 aliphatic heterocycles. The van der Waals surface area contributed by atoms with E-state index in [-0.39, 0.29) is 40.7 Å². The van der Waals surface area contributed by atoms with Gasteiger partial charge >= 0.3 is 0 Å². The first-order valence-electron chi connectivity index (χ1n) is 8.68. The van der Waals surface area contributed by atoms with Crippen molar-refractivity contribution in [3.05, 3.63) is 63.0 Å². The summed E-state index contributed by atoms with van der Waals surface area (Å²) in [5.41, 5.74) is 5.64. The largest absolute Gasteiger partial charge is 0.490 e. The molecule has 1 heterocycles. The van der Waals surface area contributed by atoms with Gasteiger partial charge in [-0.3, -0.25) is 19.3 Å². The van der Waals surface area contributed by atoms with E-state index in [4.69, 9.17) is 38.4 Å². The van der Waals surface area contributed by atoms with Crippen LogP contribution in [0.25, 0.3) is 6.08 Å². The Morgan fingerprint density at radius 3 is 2.50 bits per heavy atom. The fraction of sp³-hybridized carbons (Fsp3) is 0.150. The van der Waals surface area contributed by atoms with Crippen LogP contribution in [0.2, 0.25) is 10.0 Å². The Morgan fingerprint density at radius 2 is 1.80 bits per heavy atom. The van der Waals surface area contributed by atoms with E-state index in [0.29, 0.717) is 16.3 Å². The van der Waals surface area contributed by atoms with E-state index in [1.54, 1.807) is 48.5 Å². The number of rotatable bonds is 8. The number of primary amides is 1. The minimum Gasteiger partial charge on any atom is -0.490 e. The molecule has 1 fully saturated rings. The number of benzene rings is 2.